The molecule has 1 atom stereocenters. The summed E-state index contributed by atoms with van der Waals surface area (Å²) in [6.07, 6.45) is 4.79. The number of imidazole rings is 1. The van der Waals surface area contributed by atoms with E-state index in [1.165, 1.54) is 5.56 Å². The summed E-state index contributed by atoms with van der Waals surface area (Å²) in [6, 6.07) is 5.75. The summed E-state index contributed by atoms with van der Waals surface area (Å²) in [7, 11) is 4.11. The molecule has 1 fully saturated rings. The third-order valence-electron chi connectivity index (χ3n) is 6.31. The summed E-state index contributed by atoms with van der Waals surface area (Å²) < 4.78 is 2.04. The number of carbonyl (C=O) groups excluding carboxylic acids is 1. The highest BCUT2D eigenvalue weighted by Gasteiger charge is 2.33. The quantitative estimate of drug-likeness (QED) is 0.673. The predicted molar refractivity (Wildman–Crippen MR) is 111 cm³/mol. The lowest BCUT2D eigenvalue weighted by Crippen LogP contribution is -2.32. The molecular weight excluding hydrogens is 364 g/mol. The first-order valence-corrected chi connectivity index (χ1v) is 10.3. The molecule has 0 radical (unpaired) electrons. The summed E-state index contributed by atoms with van der Waals surface area (Å²) in [5, 5.41) is 0. The van der Waals surface area contributed by atoms with E-state index in [4.69, 9.17) is 4.98 Å². The molecule has 4 heterocycles. The first kappa shape index (κ1) is 18.2. The van der Waals surface area contributed by atoms with Crippen LogP contribution in [0.15, 0.2) is 24.4 Å². The van der Waals surface area contributed by atoms with Crippen LogP contribution in [-0.4, -0.2) is 55.4 Å². The second kappa shape index (κ2) is 6.91. The lowest BCUT2D eigenvalue weighted by Gasteiger charge is -2.27. The Labute approximate surface area is 170 Å². The van der Waals surface area contributed by atoms with Crippen molar-refractivity contribution in [1.29, 1.82) is 0 Å². The minimum absolute atomic E-state index is 0.0405. The zero-order chi connectivity index (χ0) is 20.1. The first-order valence-electron chi connectivity index (χ1n) is 10.3. The molecular formula is C22H26N6O. The van der Waals surface area contributed by atoms with Crippen molar-refractivity contribution in [3.63, 3.8) is 0 Å². The van der Waals surface area contributed by atoms with Crippen LogP contribution in [0.1, 0.15) is 52.1 Å². The number of aromatic nitrogens is 4. The fourth-order valence-electron chi connectivity index (χ4n) is 4.53. The van der Waals surface area contributed by atoms with E-state index < -0.39 is 0 Å². The highest BCUT2D eigenvalue weighted by molar-refractivity contribution is 5.97. The van der Waals surface area contributed by atoms with Crippen LogP contribution in [0.4, 0.5) is 0 Å². The number of carbonyl (C=O) groups is 1. The molecule has 0 aliphatic carbocycles. The van der Waals surface area contributed by atoms with Gasteiger partial charge in [0.05, 0.1) is 17.1 Å². The SMILES string of the molecule is Cc1nc2cc(C(=O)N3CCC[C@H]3c3ncc4c(n3)CCN(C)C4)ccc2n1C. The van der Waals surface area contributed by atoms with Crippen molar-refractivity contribution in [3.05, 3.63) is 52.9 Å². The average molecular weight is 390 g/mol. The second-order valence-electron chi connectivity index (χ2n) is 8.27. The summed E-state index contributed by atoms with van der Waals surface area (Å²) >= 11 is 0. The van der Waals surface area contributed by atoms with Gasteiger partial charge in [-0.1, -0.05) is 0 Å². The molecule has 2 aliphatic rings. The van der Waals surface area contributed by atoms with Crippen LogP contribution in [0.5, 0.6) is 0 Å². The van der Waals surface area contributed by atoms with E-state index in [1.54, 1.807) is 0 Å². The highest BCUT2D eigenvalue weighted by Crippen LogP contribution is 2.32. The molecule has 0 spiro atoms. The van der Waals surface area contributed by atoms with Gasteiger partial charge in [-0.05, 0) is 45.0 Å². The topological polar surface area (TPSA) is 67.2 Å². The number of likely N-dealkylation sites (tertiary alicyclic amines) is 1. The van der Waals surface area contributed by atoms with Crippen molar-refractivity contribution in [2.75, 3.05) is 20.1 Å². The number of rotatable bonds is 2. The van der Waals surface area contributed by atoms with E-state index in [-0.39, 0.29) is 11.9 Å². The molecule has 29 heavy (non-hydrogen) atoms. The van der Waals surface area contributed by atoms with Crippen LogP contribution < -0.4 is 0 Å². The highest BCUT2D eigenvalue weighted by atomic mass is 16.2. The Hall–Kier alpha value is -2.80. The predicted octanol–water partition coefficient (Wildman–Crippen LogP) is 2.64. The van der Waals surface area contributed by atoms with Crippen LogP contribution >= 0.6 is 0 Å². The van der Waals surface area contributed by atoms with Crippen molar-refractivity contribution in [2.45, 2.75) is 38.8 Å². The summed E-state index contributed by atoms with van der Waals surface area (Å²) in [5.41, 5.74) is 4.93. The fourth-order valence-corrected chi connectivity index (χ4v) is 4.53. The number of aryl methyl sites for hydroxylation is 2. The molecule has 3 aromatic rings. The Morgan fingerprint density at radius 3 is 2.90 bits per heavy atom. The van der Waals surface area contributed by atoms with Gasteiger partial charge in [0.1, 0.15) is 5.82 Å². The fraction of sp³-hybridized carbons (Fsp3) is 0.455. The molecule has 0 N–H and O–H groups in total. The van der Waals surface area contributed by atoms with Crippen LogP contribution in [0.25, 0.3) is 11.0 Å². The Kier molecular flexibility index (Phi) is 4.35. The minimum atomic E-state index is -0.0476. The third kappa shape index (κ3) is 3.09. The number of hydrogen-bond donors (Lipinski definition) is 0. The van der Waals surface area contributed by atoms with Crippen LogP contribution in [0.3, 0.4) is 0 Å². The Balaban J connectivity index is 1.44. The molecule has 150 valence electrons. The summed E-state index contributed by atoms with van der Waals surface area (Å²) in [4.78, 5) is 31.7. The van der Waals surface area contributed by atoms with E-state index in [9.17, 15) is 4.79 Å². The molecule has 0 saturated carbocycles. The molecule has 7 heteroatoms. The molecule has 0 bridgehead atoms. The van der Waals surface area contributed by atoms with Gasteiger partial charge in [-0.2, -0.15) is 0 Å². The number of benzene rings is 1. The number of likely N-dealkylation sites (N-methyl/N-ethyl adjacent to an activating group) is 1. The van der Waals surface area contributed by atoms with Crippen molar-refractivity contribution in [3.8, 4) is 0 Å². The molecule has 1 aromatic carbocycles. The minimum Gasteiger partial charge on any atom is -0.331 e. The van der Waals surface area contributed by atoms with Gasteiger partial charge in [0.2, 0.25) is 0 Å². The average Bonchev–Trinajstić information content (AvgIpc) is 3.32. The normalized spacial score (nSPS) is 19.7. The maximum absolute atomic E-state index is 13.3. The number of nitrogens with zero attached hydrogens (tertiary/aromatic N) is 6. The summed E-state index contributed by atoms with van der Waals surface area (Å²) in [5.74, 6) is 1.77. The molecule has 2 aromatic heterocycles. The van der Waals surface area contributed by atoms with E-state index in [0.29, 0.717) is 5.56 Å². The standard InChI is InChI=1S/C22H26N6O/c1-14-24-18-11-15(6-7-19(18)27(14)3)22(29)28-9-4-5-20(28)21-23-12-16-13-26(2)10-8-17(16)25-21/h6-7,11-12,20H,4-5,8-10,13H2,1-3H3/t20-/m0/s1. The molecule has 0 unspecified atom stereocenters. The van der Waals surface area contributed by atoms with E-state index >= 15 is 0 Å². The van der Waals surface area contributed by atoms with Crippen molar-refractivity contribution >= 4 is 16.9 Å². The number of hydrogen-bond acceptors (Lipinski definition) is 5. The largest absolute Gasteiger partial charge is 0.331 e. The third-order valence-corrected chi connectivity index (χ3v) is 6.31. The molecule has 2 aliphatic heterocycles. The van der Waals surface area contributed by atoms with Gasteiger partial charge in [0, 0.05) is 56.1 Å². The van der Waals surface area contributed by atoms with Gasteiger partial charge >= 0.3 is 0 Å². The van der Waals surface area contributed by atoms with Gasteiger partial charge in [0.15, 0.2) is 5.82 Å². The zero-order valence-electron chi connectivity index (χ0n) is 17.2. The van der Waals surface area contributed by atoms with Crippen LogP contribution in [0.2, 0.25) is 0 Å². The van der Waals surface area contributed by atoms with Gasteiger partial charge in [0.25, 0.3) is 5.91 Å². The van der Waals surface area contributed by atoms with E-state index in [2.05, 4.69) is 21.9 Å². The number of amides is 1. The van der Waals surface area contributed by atoms with Crippen molar-refractivity contribution < 1.29 is 4.79 Å². The molecule has 1 amide bonds. The lowest BCUT2D eigenvalue weighted by atomic mass is 10.1. The first-order chi connectivity index (χ1) is 14.0. The van der Waals surface area contributed by atoms with Crippen LogP contribution in [-0.2, 0) is 20.0 Å². The molecule has 5 rings (SSSR count). The van der Waals surface area contributed by atoms with E-state index in [0.717, 1.165) is 67.3 Å². The smallest absolute Gasteiger partial charge is 0.254 e. The van der Waals surface area contributed by atoms with Crippen molar-refractivity contribution in [1.82, 2.24) is 29.3 Å². The van der Waals surface area contributed by atoms with Gasteiger partial charge in [-0.25, -0.2) is 15.0 Å². The van der Waals surface area contributed by atoms with Gasteiger partial charge in [-0.3, -0.25) is 4.79 Å². The molecule has 1 saturated heterocycles. The lowest BCUT2D eigenvalue weighted by molar-refractivity contribution is 0.0729. The number of fused-ring (bicyclic) bond motifs is 2. The maximum Gasteiger partial charge on any atom is 0.254 e. The van der Waals surface area contributed by atoms with Crippen molar-refractivity contribution in [2.24, 2.45) is 7.05 Å². The van der Waals surface area contributed by atoms with Gasteiger partial charge in [-0.15, -0.1) is 0 Å². The maximum atomic E-state index is 13.3. The Bertz CT molecular complexity index is 1100. The second-order valence-corrected chi connectivity index (χ2v) is 8.27. The Morgan fingerprint density at radius 1 is 1.17 bits per heavy atom. The van der Waals surface area contributed by atoms with Gasteiger partial charge < -0.3 is 14.4 Å². The monoisotopic (exact) mass is 390 g/mol. The Morgan fingerprint density at radius 2 is 2.03 bits per heavy atom. The molecule has 7 nitrogen and oxygen atoms in total. The zero-order valence-corrected chi connectivity index (χ0v) is 17.2. The van der Waals surface area contributed by atoms with E-state index in [1.807, 2.05) is 47.8 Å². The van der Waals surface area contributed by atoms with Crippen LogP contribution in [0, 0.1) is 6.92 Å². The summed E-state index contributed by atoms with van der Waals surface area (Å²) in [6.45, 7) is 4.63.